The standard InChI is InChI=1S/C18H3F12P/c19-4-1-7(13(25)16(28)10(4)22)31(8-2-5(20)11(23)17(29)14(8)26)9-3-6(21)12(24)18(30)15(9)27/h1-3H. The first-order valence-corrected chi connectivity index (χ1v) is 9.01. The molecule has 0 nitrogen and oxygen atoms in total. The summed E-state index contributed by atoms with van der Waals surface area (Å²) in [6.45, 7) is 0. The van der Waals surface area contributed by atoms with Crippen LogP contribution in [0.5, 0.6) is 0 Å². The van der Waals surface area contributed by atoms with Crippen LogP contribution in [-0.4, -0.2) is 0 Å². The van der Waals surface area contributed by atoms with Crippen molar-refractivity contribution in [2.24, 2.45) is 0 Å². The minimum absolute atomic E-state index is 0.184. The molecule has 0 N–H and O–H groups in total. The van der Waals surface area contributed by atoms with Gasteiger partial charge in [0.2, 0.25) is 0 Å². The van der Waals surface area contributed by atoms with E-state index in [0.29, 0.717) is 0 Å². The molecule has 0 amide bonds. The highest BCUT2D eigenvalue weighted by atomic mass is 31.1. The second-order valence-electron chi connectivity index (χ2n) is 5.79. The molecule has 13 heteroatoms. The SMILES string of the molecule is Fc1cc(P(c2cc(F)c(F)c(F)c2F)c2cc(F)c(F)c(F)c2F)c(F)c(F)c1F. The maximum atomic E-state index is 14.4. The van der Waals surface area contributed by atoms with Crippen molar-refractivity contribution in [2.45, 2.75) is 0 Å². The van der Waals surface area contributed by atoms with Gasteiger partial charge in [-0.15, -0.1) is 0 Å². The Morgan fingerprint density at radius 3 is 0.774 bits per heavy atom. The van der Waals surface area contributed by atoms with Crippen molar-refractivity contribution < 1.29 is 52.7 Å². The van der Waals surface area contributed by atoms with Crippen LogP contribution in [0.2, 0.25) is 0 Å². The normalized spacial score (nSPS) is 11.5. The molecule has 0 aliphatic rings. The molecular weight excluding hydrogens is 475 g/mol. The van der Waals surface area contributed by atoms with Gasteiger partial charge >= 0.3 is 0 Å². The third-order valence-corrected chi connectivity index (χ3v) is 6.39. The highest BCUT2D eigenvalue weighted by Crippen LogP contribution is 2.39. The molecule has 164 valence electrons. The molecule has 3 rings (SSSR count). The van der Waals surface area contributed by atoms with Crippen LogP contribution in [0.4, 0.5) is 52.7 Å². The van der Waals surface area contributed by atoms with Crippen LogP contribution in [0.1, 0.15) is 0 Å². The Morgan fingerprint density at radius 1 is 0.323 bits per heavy atom. The highest BCUT2D eigenvalue weighted by molar-refractivity contribution is 7.79. The van der Waals surface area contributed by atoms with E-state index < -0.39 is 93.6 Å². The average molecular weight is 478 g/mol. The van der Waals surface area contributed by atoms with E-state index in [-0.39, 0.29) is 18.2 Å². The van der Waals surface area contributed by atoms with Gasteiger partial charge in [0.05, 0.1) is 0 Å². The van der Waals surface area contributed by atoms with Gasteiger partial charge in [-0.05, 0) is 26.1 Å². The second-order valence-corrected chi connectivity index (χ2v) is 7.91. The zero-order valence-corrected chi connectivity index (χ0v) is 15.1. The molecule has 0 unspecified atom stereocenters. The van der Waals surface area contributed by atoms with Gasteiger partial charge in [-0.25, -0.2) is 52.7 Å². The lowest BCUT2D eigenvalue weighted by atomic mass is 10.3. The molecule has 0 radical (unpaired) electrons. The summed E-state index contributed by atoms with van der Waals surface area (Å²) >= 11 is 0. The number of halogens is 12. The highest BCUT2D eigenvalue weighted by Gasteiger charge is 2.35. The first-order valence-electron chi connectivity index (χ1n) is 7.67. The number of hydrogen-bond acceptors (Lipinski definition) is 0. The van der Waals surface area contributed by atoms with Crippen LogP contribution < -0.4 is 15.9 Å². The van der Waals surface area contributed by atoms with Crippen molar-refractivity contribution in [1.82, 2.24) is 0 Å². The lowest BCUT2D eigenvalue weighted by Crippen LogP contribution is -2.31. The van der Waals surface area contributed by atoms with E-state index in [2.05, 4.69) is 0 Å². The maximum absolute atomic E-state index is 14.4. The molecule has 0 bridgehead atoms. The van der Waals surface area contributed by atoms with Gasteiger partial charge in [-0.1, -0.05) is 0 Å². The lowest BCUT2D eigenvalue weighted by molar-refractivity contribution is 0.411. The van der Waals surface area contributed by atoms with E-state index in [9.17, 15) is 52.7 Å². The third-order valence-electron chi connectivity index (χ3n) is 3.97. The molecule has 0 saturated heterocycles. The fourth-order valence-corrected chi connectivity index (χ4v) is 4.95. The van der Waals surface area contributed by atoms with Crippen LogP contribution in [-0.2, 0) is 0 Å². The fraction of sp³-hybridized carbons (Fsp3) is 0. The Hall–Kier alpha value is -2.75. The summed E-state index contributed by atoms with van der Waals surface area (Å²) in [7, 11) is -3.71. The molecular formula is C18H3F12P. The summed E-state index contributed by atoms with van der Waals surface area (Å²) < 4.78 is 165. The predicted octanol–water partition coefficient (Wildman–Crippen LogP) is 5.11. The smallest absolute Gasteiger partial charge is 0.198 e. The topological polar surface area (TPSA) is 0 Å². The molecule has 0 aromatic heterocycles. The summed E-state index contributed by atoms with van der Waals surface area (Å²) in [6.07, 6.45) is 0. The van der Waals surface area contributed by atoms with E-state index in [1.807, 2.05) is 0 Å². The van der Waals surface area contributed by atoms with E-state index in [1.54, 1.807) is 0 Å². The molecule has 0 atom stereocenters. The largest absolute Gasteiger partial charge is 0.204 e. The van der Waals surface area contributed by atoms with Gasteiger partial charge in [0, 0.05) is 15.9 Å². The van der Waals surface area contributed by atoms with Gasteiger partial charge in [0.15, 0.2) is 69.8 Å². The molecule has 0 aliphatic heterocycles. The Labute approximate surface area is 165 Å². The van der Waals surface area contributed by atoms with E-state index in [0.717, 1.165) is 0 Å². The first kappa shape index (κ1) is 22.9. The zero-order chi connectivity index (χ0) is 23.4. The van der Waals surface area contributed by atoms with Crippen molar-refractivity contribution in [3.05, 3.63) is 88.0 Å². The van der Waals surface area contributed by atoms with Crippen molar-refractivity contribution in [3.63, 3.8) is 0 Å². The second kappa shape index (κ2) is 8.07. The predicted molar refractivity (Wildman–Crippen MR) is 84.6 cm³/mol. The van der Waals surface area contributed by atoms with Crippen LogP contribution in [0.15, 0.2) is 18.2 Å². The van der Waals surface area contributed by atoms with Gasteiger partial charge in [0.25, 0.3) is 0 Å². The minimum Gasteiger partial charge on any atom is -0.204 e. The molecule has 0 fully saturated rings. The molecule has 0 saturated carbocycles. The zero-order valence-electron chi connectivity index (χ0n) is 14.2. The van der Waals surface area contributed by atoms with E-state index in [1.165, 1.54) is 0 Å². The summed E-state index contributed by atoms with van der Waals surface area (Å²) in [5.41, 5.74) is 0. The number of hydrogen-bond donors (Lipinski definition) is 0. The number of benzene rings is 3. The van der Waals surface area contributed by atoms with Gasteiger partial charge in [-0.3, -0.25) is 0 Å². The average Bonchev–Trinajstić information content (AvgIpc) is 2.74. The van der Waals surface area contributed by atoms with Crippen molar-refractivity contribution in [2.75, 3.05) is 0 Å². The van der Waals surface area contributed by atoms with Crippen LogP contribution in [0, 0.1) is 69.8 Å². The summed E-state index contributed by atoms with van der Waals surface area (Å²) in [5.74, 6) is -28.2. The Balaban J connectivity index is 2.50. The molecule has 0 aliphatic carbocycles. The Bertz CT molecular complexity index is 1070. The number of rotatable bonds is 3. The van der Waals surface area contributed by atoms with Gasteiger partial charge in [-0.2, -0.15) is 0 Å². The molecule has 0 spiro atoms. The summed E-state index contributed by atoms with van der Waals surface area (Å²) in [6, 6.07) is -0.552. The fourth-order valence-electron chi connectivity index (χ4n) is 2.56. The van der Waals surface area contributed by atoms with E-state index >= 15 is 0 Å². The van der Waals surface area contributed by atoms with Crippen molar-refractivity contribution in [1.29, 1.82) is 0 Å². The maximum Gasteiger partial charge on any atom is 0.198 e. The molecule has 3 aromatic rings. The third kappa shape index (κ3) is 3.62. The van der Waals surface area contributed by atoms with Crippen LogP contribution in [0.25, 0.3) is 0 Å². The summed E-state index contributed by atoms with van der Waals surface area (Å²) in [4.78, 5) is 0. The summed E-state index contributed by atoms with van der Waals surface area (Å²) in [5, 5.41) is -4.58. The lowest BCUT2D eigenvalue weighted by Gasteiger charge is -2.22. The van der Waals surface area contributed by atoms with Gasteiger partial charge < -0.3 is 0 Å². The molecule has 0 heterocycles. The minimum atomic E-state index is -3.71. The first-order chi connectivity index (χ1) is 14.4. The van der Waals surface area contributed by atoms with Crippen molar-refractivity contribution in [3.8, 4) is 0 Å². The molecule has 31 heavy (non-hydrogen) atoms. The molecule has 3 aromatic carbocycles. The van der Waals surface area contributed by atoms with Crippen LogP contribution >= 0.6 is 7.92 Å². The Kier molecular flexibility index (Phi) is 5.96. The van der Waals surface area contributed by atoms with Gasteiger partial charge in [0.1, 0.15) is 0 Å². The van der Waals surface area contributed by atoms with E-state index in [4.69, 9.17) is 0 Å². The quantitative estimate of drug-likeness (QED) is 0.213. The Morgan fingerprint density at radius 2 is 0.548 bits per heavy atom. The van der Waals surface area contributed by atoms with Crippen molar-refractivity contribution >= 4 is 23.8 Å². The van der Waals surface area contributed by atoms with Crippen LogP contribution in [0.3, 0.4) is 0 Å². The monoisotopic (exact) mass is 478 g/mol.